The van der Waals surface area contributed by atoms with E-state index >= 15 is 0 Å². The first-order valence-electron chi connectivity index (χ1n) is 6.89. The number of benzene rings is 1. The Morgan fingerprint density at radius 3 is 2.55 bits per heavy atom. The third-order valence-corrected chi connectivity index (χ3v) is 3.49. The van der Waals surface area contributed by atoms with E-state index in [0.717, 1.165) is 11.3 Å². The lowest BCUT2D eigenvalue weighted by atomic mass is 10.0. The maximum atomic E-state index is 5.45. The van der Waals surface area contributed by atoms with E-state index in [2.05, 4.69) is 40.1 Å². The SMILES string of the molecule is COCc1nnc(-c2cnc(-c3cccc(C)c3C)cn2)o1. The molecule has 0 unspecified atom stereocenters. The van der Waals surface area contributed by atoms with Crippen LogP contribution in [0.5, 0.6) is 0 Å². The molecule has 1 aromatic carbocycles. The molecule has 6 heteroatoms. The predicted molar refractivity (Wildman–Crippen MR) is 80.9 cm³/mol. The van der Waals surface area contributed by atoms with Crippen LogP contribution in [0.2, 0.25) is 0 Å². The van der Waals surface area contributed by atoms with Gasteiger partial charge in [-0.1, -0.05) is 18.2 Å². The number of nitrogens with zero attached hydrogens (tertiary/aromatic N) is 4. The molecule has 0 saturated carbocycles. The normalized spacial score (nSPS) is 10.9. The summed E-state index contributed by atoms with van der Waals surface area (Å²) in [5.74, 6) is 0.755. The molecule has 112 valence electrons. The summed E-state index contributed by atoms with van der Waals surface area (Å²) >= 11 is 0. The molecule has 0 spiro atoms. The zero-order chi connectivity index (χ0) is 15.5. The molecule has 0 aliphatic carbocycles. The second-order valence-electron chi connectivity index (χ2n) is 4.97. The van der Waals surface area contributed by atoms with Crippen molar-refractivity contribution in [1.82, 2.24) is 20.2 Å². The lowest BCUT2D eigenvalue weighted by Crippen LogP contribution is -1.92. The molecular weight excluding hydrogens is 280 g/mol. The van der Waals surface area contributed by atoms with Crippen LogP contribution in [0.3, 0.4) is 0 Å². The van der Waals surface area contributed by atoms with Crippen molar-refractivity contribution in [3.63, 3.8) is 0 Å². The van der Waals surface area contributed by atoms with Gasteiger partial charge in [0.15, 0.2) is 0 Å². The van der Waals surface area contributed by atoms with Crippen LogP contribution in [-0.2, 0) is 11.3 Å². The minimum absolute atomic E-state index is 0.279. The molecule has 2 heterocycles. The Bertz CT molecular complexity index is 781. The first kappa shape index (κ1) is 14.3. The second-order valence-corrected chi connectivity index (χ2v) is 4.97. The molecule has 0 fully saturated rings. The van der Waals surface area contributed by atoms with Crippen LogP contribution in [0.15, 0.2) is 35.0 Å². The summed E-state index contributed by atoms with van der Waals surface area (Å²) < 4.78 is 10.4. The van der Waals surface area contributed by atoms with Gasteiger partial charge in [0.2, 0.25) is 5.89 Å². The van der Waals surface area contributed by atoms with Gasteiger partial charge in [0.1, 0.15) is 12.3 Å². The van der Waals surface area contributed by atoms with Gasteiger partial charge in [-0.2, -0.15) is 0 Å². The molecule has 0 bridgehead atoms. The largest absolute Gasteiger partial charge is 0.417 e. The van der Waals surface area contributed by atoms with E-state index in [1.165, 1.54) is 11.1 Å². The minimum atomic E-state index is 0.279. The first-order chi connectivity index (χ1) is 10.7. The quantitative estimate of drug-likeness (QED) is 0.737. The van der Waals surface area contributed by atoms with Crippen molar-refractivity contribution in [3.05, 3.63) is 47.6 Å². The number of methoxy groups -OCH3 is 1. The fraction of sp³-hybridized carbons (Fsp3) is 0.250. The molecule has 0 radical (unpaired) electrons. The molecule has 6 nitrogen and oxygen atoms in total. The Morgan fingerprint density at radius 1 is 1.05 bits per heavy atom. The summed E-state index contributed by atoms with van der Waals surface area (Å²) in [5.41, 5.74) is 4.87. The van der Waals surface area contributed by atoms with Crippen LogP contribution in [0, 0.1) is 13.8 Å². The summed E-state index contributed by atoms with van der Waals surface area (Å²) in [6.07, 6.45) is 3.36. The number of ether oxygens (including phenoxy) is 1. The molecule has 3 rings (SSSR count). The molecule has 3 aromatic rings. The monoisotopic (exact) mass is 296 g/mol. The molecule has 22 heavy (non-hydrogen) atoms. The maximum Gasteiger partial charge on any atom is 0.267 e. The minimum Gasteiger partial charge on any atom is -0.417 e. The van der Waals surface area contributed by atoms with Crippen LogP contribution in [-0.4, -0.2) is 27.3 Å². The summed E-state index contributed by atoms with van der Waals surface area (Å²) in [5, 5.41) is 7.82. The Hall–Kier alpha value is -2.60. The van der Waals surface area contributed by atoms with E-state index in [1.54, 1.807) is 19.5 Å². The molecule has 0 N–H and O–H groups in total. The standard InChI is InChI=1S/C16H16N4O2/c1-10-5-4-6-12(11(10)2)13-7-18-14(8-17-13)16-20-19-15(22-16)9-21-3/h4-8H,9H2,1-3H3. The van der Waals surface area contributed by atoms with E-state index in [4.69, 9.17) is 9.15 Å². The zero-order valence-corrected chi connectivity index (χ0v) is 12.7. The molecule has 0 amide bonds. The van der Waals surface area contributed by atoms with Crippen molar-refractivity contribution in [2.75, 3.05) is 7.11 Å². The maximum absolute atomic E-state index is 5.45. The van der Waals surface area contributed by atoms with E-state index in [-0.39, 0.29) is 6.61 Å². The number of hydrogen-bond donors (Lipinski definition) is 0. The highest BCUT2D eigenvalue weighted by molar-refractivity contribution is 5.65. The fourth-order valence-corrected chi connectivity index (χ4v) is 2.15. The lowest BCUT2D eigenvalue weighted by Gasteiger charge is -2.07. The summed E-state index contributed by atoms with van der Waals surface area (Å²) in [6, 6.07) is 6.13. The van der Waals surface area contributed by atoms with Crippen LogP contribution in [0.4, 0.5) is 0 Å². The average Bonchev–Trinajstić information content (AvgIpc) is 2.99. The topological polar surface area (TPSA) is 73.9 Å². The van der Waals surface area contributed by atoms with Crippen LogP contribution < -0.4 is 0 Å². The van der Waals surface area contributed by atoms with Gasteiger partial charge in [0.25, 0.3) is 5.89 Å². The Balaban J connectivity index is 1.90. The van der Waals surface area contributed by atoms with Gasteiger partial charge in [-0.25, -0.2) is 4.98 Å². The Kier molecular flexibility index (Phi) is 3.93. The highest BCUT2D eigenvalue weighted by Gasteiger charge is 2.11. The van der Waals surface area contributed by atoms with Crippen molar-refractivity contribution in [3.8, 4) is 22.8 Å². The van der Waals surface area contributed by atoms with Crippen molar-refractivity contribution in [2.24, 2.45) is 0 Å². The molecule has 2 aromatic heterocycles. The van der Waals surface area contributed by atoms with E-state index in [0.29, 0.717) is 17.5 Å². The zero-order valence-electron chi connectivity index (χ0n) is 12.7. The summed E-state index contributed by atoms with van der Waals surface area (Å²) in [7, 11) is 1.57. The van der Waals surface area contributed by atoms with Crippen LogP contribution in [0.25, 0.3) is 22.8 Å². The molecular formula is C16H16N4O2. The lowest BCUT2D eigenvalue weighted by molar-refractivity contribution is 0.160. The van der Waals surface area contributed by atoms with E-state index < -0.39 is 0 Å². The van der Waals surface area contributed by atoms with Gasteiger partial charge in [0, 0.05) is 12.7 Å². The number of aromatic nitrogens is 4. The Labute approximate surface area is 128 Å². The van der Waals surface area contributed by atoms with Gasteiger partial charge in [-0.3, -0.25) is 4.98 Å². The predicted octanol–water partition coefficient (Wildman–Crippen LogP) is 2.96. The van der Waals surface area contributed by atoms with Crippen molar-refractivity contribution in [1.29, 1.82) is 0 Å². The second kappa shape index (κ2) is 6.03. The third kappa shape index (κ3) is 2.73. The third-order valence-electron chi connectivity index (χ3n) is 3.49. The highest BCUT2D eigenvalue weighted by Crippen LogP contribution is 2.24. The van der Waals surface area contributed by atoms with E-state index in [9.17, 15) is 0 Å². The number of hydrogen-bond acceptors (Lipinski definition) is 6. The highest BCUT2D eigenvalue weighted by atomic mass is 16.5. The molecule has 0 saturated heterocycles. The van der Waals surface area contributed by atoms with Gasteiger partial charge in [-0.15, -0.1) is 10.2 Å². The van der Waals surface area contributed by atoms with Crippen LogP contribution in [0.1, 0.15) is 17.0 Å². The molecule has 0 aliphatic heterocycles. The fourth-order valence-electron chi connectivity index (χ4n) is 2.15. The van der Waals surface area contributed by atoms with Crippen molar-refractivity contribution in [2.45, 2.75) is 20.5 Å². The van der Waals surface area contributed by atoms with Crippen molar-refractivity contribution >= 4 is 0 Å². The summed E-state index contributed by atoms with van der Waals surface area (Å²) in [6.45, 7) is 4.44. The van der Waals surface area contributed by atoms with Gasteiger partial charge < -0.3 is 9.15 Å². The van der Waals surface area contributed by atoms with Gasteiger partial charge >= 0.3 is 0 Å². The first-order valence-corrected chi connectivity index (χ1v) is 6.89. The number of aryl methyl sites for hydroxylation is 1. The Morgan fingerprint density at radius 2 is 1.82 bits per heavy atom. The van der Waals surface area contributed by atoms with Gasteiger partial charge in [-0.05, 0) is 25.0 Å². The molecule has 0 atom stereocenters. The average molecular weight is 296 g/mol. The smallest absolute Gasteiger partial charge is 0.267 e. The molecule has 0 aliphatic rings. The summed E-state index contributed by atoms with van der Waals surface area (Å²) in [4.78, 5) is 8.83. The van der Waals surface area contributed by atoms with Gasteiger partial charge in [0.05, 0.1) is 18.1 Å². The number of rotatable bonds is 4. The van der Waals surface area contributed by atoms with Crippen molar-refractivity contribution < 1.29 is 9.15 Å². The van der Waals surface area contributed by atoms with E-state index in [1.807, 2.05) is 12.1 Å². The van der Waals surface area contributed by atoms with Crippen LogP contribution >= 0.6 is 0 Å².